The van der Waals surface area contributed by atoms with Crippen LogP contribution in [0.15, 0.2) is 0 Å². The molecule has 3 unspecified atom stereocenters. The maximum absolute atomic E-state index is 11.0. The first-order valence-corrected chi connectivity index (χ1v) is 8.41. The van der Waals surface area contributed by atoms with Crippen LogP contribution in [0.5, 0.6) is 0 Å². The van der Waals surface area contributed by atoms with Crippen LogP contribution in [-0.4, -0.2) is 40.0 Å². The molecule has 0 aliphatic carbocycles. The molecular formula is C17H33NaO6. The fourth-order valence-corrected chi connectivity index (χ4v) is 1.89. The molecule has 0 bridgehead atoms. The first-order valence-electron chi connectivity index (χ1n) is 8.41. The van der Waals surface area contributed by atoms with Gasteiger partial charge in [0.05, 0.1) is 12.1 Å². The molecule has 0 saturated carbocycles. The van der Waals surface area contributed by atoms with E-state index in [4.69, 9.17) is 10.2 Å². The average molecular weight is 356 g/mol. The number of esters is 1. The van der Waals surface area contributed by atoms with Crippen LogP contribution >= 0.6 is 0 Å². The molecule has 0 fully saturated rings. The number of ether oxygens (including phenoxy) is 1. The van der Waals surface area contributed by atoms with Crippen LogP contribution in [0, 0.1) is 0 Å². The van der Waals surface area contributed by atoms with E-state index < -0.39 is 29.7 Å². The Balaban J connectivity index is -0.000000419. The van der Waals surface area contributed by atoms with Crippen LogP contribution in [0.2, 0.25) is 0 Å². The molecule has 2 N–H and O–H groups in total. The number of carbonyl (C=O) groups is 2. The van der Waals surface area contributed by atoms with Gasteiger partial charge >= 0.3 is 35.5 Å². The molecule has 7 heteroatoms. The SMILES string of the molecule is CC(O)CC(C)(OC(=O)C(C)O)C(=O)[O-].CCCCCCCC.[Na+]. The Bertz CT molecular complexity index is 327. The van der Waals surface area contributed by atoms with Gasteiger partial charge in [0.25, 0.3) is 0 Å². The number of carboxylic acids is 1. The molecule has 0 radical (unpaired) electrons. The van der Waals surface area contributed by atoms with Gasteiger partial charge in [0.1, 0.15) is 6.10 Å². The third-order valence-electron chi connectivity index (χ3n) is 3.24. The van der Waals surface area contributed by atoms with E-state index in [1.807, 2.05) is 0 Å². The minimum absolute atomic E-state index is 0. The van der Waals surface area contributed by atoms with E-state index in [2.05, 4.69) is 18.6 Å². The van der Waals surface area contributed by atoms with Crippen molar-refractivity contribution in [2.75, 3.05) is 0 Å². The summed E-state index contributed by atoms with van der Waals surface area (Å²) in [7, 11) is 0. The van der Waals surface area contributed by atoms with E-state index in [0.717, 1.165) is 13.8 Å². The van der Waals surface area contributed by atoms with Crippen LogP contribution < -0.4 is 34.7 Å². The molecule has 0 heterocycles. The molecule has 0 aliphatic heterocycles. The number of hydrogen-bond donors (Lipinski definition) is 2. The van der Waals surface area contributed by atoms with Crippen LogP contribution in [0.4, 0.5) is 0 Å². The summed E-state index contributed by atoms with van der Waals surface area (Å²) in [6.07, 6.45) is 5.81. The average Bonchev–Trinajstić information content (AvgIpc) is 2.43. The summed E-state index contributed by atoms with van der Waals surface area (Å²) in [4.78, 5) is 21.7. The number of hydrogen-bond acceptors (Lipinski definition) is 6. The van der Waals surface area contributed by atoms with Crippen molar-refractivity contribution in [1.82, 2.24) is 0 Å². The molecule has 0 rings (SSSR count). The minimum Gasteiger partial charge on any atom is -0.546 e. The van der Waals surface area contributed by atoms with Crippen LogP contribution in [-0.2, 0) is 14.3 Å². The Morgan fingerprint density at radius 2 is 1.46 bits per heavy atom. The minimum atomic E-state index is -1.93. The van der Waals surface area contributed by atoms with Gasteiger partial charge in [-0.15, -0.1) is 0 Å². The van der Waals surface area contributed by atoms with Gasteiger partial charge in [0.2, 0.25) is 0 Å². The summed E-state index contributed by atoms with van der Waals surface area (Å²) in [5.41, 5.74) is -1.93. The fourth-order valence-electron chi connectivity index (χ4n) is 1.89. The van der Waals surface area contributed by atoms with Gasteiger partial charge in [-0.05, 0) is 20.8 Å². The number of carboxylic acid groups (broad SMARTS) is 1. The van der Waals surface area contributed by atoms with Crippen molar-refractivity contribution in [3.05, 3.63) is 0 Å². The van der Waals surface area contributed by atoms with Crippen molar-refractivity contribution in [2.24, 2.45) is 0 Å². The summed E-state index contributed by atoms with van der Waals surface area (Å²) in [6, 6.07) is 0. The van der Waals surface area contributed by atoms with Crippen LogP contribution in [0.3, 0.4) is 0 Å². The van der Waals surface area contributed by atoms with E-state index in [9.17, 15) is 14.7 Å². The Morgan fingerprint density at radius 1 is 1.04 bits per heavy atom. The largest absolute Gasteiger partial charge is 1.00 e. The van der Waals surface area contributed by atoms with Gasteiger partial charge in [-0.2, -0.15) is 0 Å². The van der Waals surface area contributed by atoms with E-state index >= 15 is 0 Å². The molecule has 0 aromatic heterocycles. The fraction of sp³-hybridized carbons (Fsp3) is 0.882. The third-order valence-corrected chi connectivity index (χ3v) is 3.24. The van der Waals surface area contributed by atoms with E-state index in [1.54, 1.807) is 0 Å². The topological polar surface area (TPSA) is 107 Å². The molecule has 0 saturated heterocycles. The van der Waals surface area contributed by atoms with Crippen molar-refractivity contribution >= 4 is 11.9 Å². The van der Waals surface area contributed by atoms with Crippen molar-refractivity contribution in [3.8, 4) is 0 Å². The van der Waals surface area contributed by atoms with Gasteiger partial charge in [-0.25, -0.2) is 4.79 Å². The van der Waals surface area contributed by atoms with Crippen molar-refractivity contribution < 1.29 is 59.2 Å². The van der Waals surface area contributed by atoms with Crippen LogP contribution in [0.25, 0.3) is 0 Å². The zero-order valence-corrected chi connectivity index (χ0v) is 18.1. The smallest absolute Gasteiger partial charge is 0.546 e. The van der Waals surface area contributed by atoms with Crippen molar-refractivity contribution in [3.63, 3.8) is 0 Å². The van der Waals surface area contributed by atoms with E-state index in [1.165, 1.54) is 45.4 Å². The first kappa shape index (κ1) is 28.7. The van der Waals surface area contributed by atoms with Gasteiger partial charge in [-0.1, -0.05) is 52.4 Å². The summed E-state index contributed by atoms with van der Waals surface area (Å²) >= 11 is 0. The normalized spacial score (nSPS) is 15.0. The quantitative estimate of drug-likeness (QED) is 0.282. The van der Waals surface area contributed by atoms with Gasteiger partial charge < -0.3 is 24.9 Å². The molecule has 0 aromatic rings. The number of unbranched alkanes of at least 4 members (excludes halogenated alkanes) is 5. The van der Waals surface area contributed by atoms with Crippen molar-refractivity contribution in [2.45, 2.75) is 97.4 Å². The zero-order valence-electron chi connectivity index (χ0n) is 16.1. The summed E-state index contributed by atoms with van der Waals surface area (Å²) in [5, 5.41) is 28.6. The first-order chi connectivity index (χ1) is 10.6. The van der Waals surface area contributed by atoms with Gasteiger partial charge in [0, 0.05) is 6.42 Å². The molecule has 138 valence electrons. The second-order valence-electron chi connectivity index (χ2n) is 6.08. The van der Waals surface area contributed by atoms with Crippen LogP contribution in [0.1, 0.15) is 79.6 Å². The molecule has 24 heavy (non-hydrogen) atoms. The molecule has 0 aliphatic rings. The molecule has 0 aromatic carbocycles. The summed E-state index contributed by atoms with van der Waals surface area (Å²) in [6.45, 7) is 8.13. The number of rotatable bonds is 10. The summed E-state index contributed by atoms with van der Waals surface area (Å²) in [5.74, 6) is -2.68. The van der Waals surface area contributed by atoms with Gasteiger partial charge in [-0.3, -0.25) is 0 Å². The third kappa shape index (κ3) is 15.4. The Labute approximate surface area is 168 Å². The van der Waals surface area contributed by atoms with Gasteiger partial charge in [0.15, 0.2) is 5.60 Å². The number of aliphatic hydroxyl groups excluding tert-OH is 2. The maximum atomic E-state index is 11.0. The van der Waals surface area contributed by atoms with Crippen molar-refractivity contribution in [1.29, 1.82) is 0 Å². The monoisotopic (exact) mass is 356 g/mol. The predicted octanol–water partition coefficient (Wildman–Crippen LogP) is -1.44. The molecule has 3 atom stereocenters. The molecule has 0 amide bonds. The number of carbonyl (C=O) groups excluding carboxylic acids is 2. The van der Waals surface area contributed by atoms with E-state index in [0.29, 0.717) is 0 Å². The number of aliphatic hydroxyl groups is 2. The number of aliphatic carboxylic acids is 1. The summed E-state index contributed by atoms with van der Waals surface area (Å²) < 4.78 is 4.56. The molecule has 0 spiro atoms. The van der Waals surface area contributed by atoms with E-state index in [-0.39, 0.29) is 36.0 Å². The molecule has 6 nitrogen and oxygen atoms in total. The Hall–Kier alpha value is -0.140. The molecular weight excluding hydrogens is 323 g/mol. The predicted molar refractivity (Wildman–Crippen MR) is 86.5 cm³/mol. The zero-order chi connectivity index (χ0) is 18.5. The Morgan fingerprint density at radius 3 is 1.71 bits per heavy atom. The maximum Gasteiger partial charge on any atom is 1.00 e. The standard InChI is InChI=1S/C9H16O6.C8H18.Na/c1-5(10)4-9(3,8(13)14)15-7(12)6(2)11;1-3-5-7-8-6-4-2;/h5-6,10-11H,4H2,1-3H3,(H,13,14);3-8H2,1-2H3;/q;;+1/p-1. The second-order valence-corrected chi connectivity index (χ2v) is 6.08. The Kier molecular flexibility index (Phi) is 19.5. The second kappa shape index (κ2) is 16.3.